The SMILES string of the molecule is COc1ccc(OC)c(NC(=O)N(Cc2ccccc2)C2CCC(C3CCCCC3)CC2)c1. The van der Waals surface area contributed by atoms with Gasteiger partial charge in [0.05, 0.1) is 19.9 Å². The average molecular weight is 451 g/mol. The van der Waals surface area contributed by atoms with Crippen LogP contribution in [0.15, 0.2) is 48.5 Å². The molecule has 0 aromatic heterocycles. The van der Waals surface area contributed by atoms with E-state index in [0.29, 0.717) is 23.7 Å². The first kappa shape index (κ1) is 23.5. The van der Waals surface area contributed by atoms with Gasteiger partial charge in [0.2, 0.25) is 0 Å². The van der Waals surface area contributed by atoms with Crippen molar-refractivity contribution in [2.24, 2.45) is 11.8 Å². The Balaban J connectivity index is 1.48. The van der Waals surface area contributed by atoms with E-state index < -0.39 is 0 Å². The minimum atomic E-state index is -0.0773. The number of ether oxygens (including phenoxy) is 2. The van der Waals surface area contributed by atoms with E-state index in [9.17, 15) is 4.79 Å². The number of amides is 2. The molecule has 33 heavy (non-hydrogen) atoms. The van der Waals surface area contributed by atoms with Gasteiger partial charge in [-0.3, -0.25) is 0 Å². The molecule has 0 radical (unpaired) electrons. The van der Waals surface area contributed by atoms with Crippen LogP contribution in [0.4, 0.5) is 10.5 Å². The number of carbonyl (C=O) groups is 1. The minimum Gasteiger partial charge on any atom is -0.497 e. The summed E-state index contributed by atoms with van der Waals surface area (Å²) < 4.78 is 10.8. The zero-order valence-corrected chi connectivity index (χ0v) is 20.1. The van der Waals surface area contributed by atoms with Crippen LogP contribution in [0, 0.1) is 11.8 Å². The van der Waals surface area contributed by atoms with E-state index >= 15 is 0 Å². The van der Waals surface area contributed by atoms with Crippen molar-refractivity contribution in [3.63, 3.8) is 0 Å². The molecule has 2 aromatic rings. The molecule has 0 atom stereocenters. The van der Waals surface area contributed by atoms with E-state index in [0.717, 1.165) is 30.2 Å². The van der Waals surface area contributed by atoms with Crippen molar-refractivity contribution in [3.8, 4) is 11.5 Å². The molecule has 2 aliphatic rings. The fourth-order valence-electron chi connectivity index (χ4n) is 5.74. The number of urea groups is 1. The second-order valence-electron chi connectivity index (χ2n) is 9.58. The molecule has 5 nitrogen and oxygen atoms in total. The van der Waals surface area contributed by atoms with Gasteiger partial charge in [-0.15, -0.1) is 0 Å². The summed E-state index contributed by atoms with van der Waals surface area (Å²) in [6, 6.07) is 15.9. The van der Waals surface area contributed by atoms with Gasteiger partial charge in [0.1, 0.15) is 11.5 Å². The van der Waals surface area contributed by atoms with Gasteiger partial charge in [0.15, 0.2) is 0 Å². The lowest BCUT2D eigenvalue weighted by atomic mass is 9.72. The van der Waals surface area contributed by atoms with Crippen molar-refractivity contribution in [2.45, 2.75) is 70.4 Å². The first-order valence-electron chi connectivity index (χ1n) is 12.5. The second-order valence-corrected chi connectivity index (χ2v) is 9.58. The Bertz CT molecular complexity index is 887. The Kier molecular flexibility index (Phi) is 8.14. The molecule has 0 heterocycles. The number of benzene rings is 2. The van der Waals surface area contributed by atoms with Crippen LogP contribution in [0.2, 0.25) is 0 Å². The Labute approximate surface area is 198 Å². The second kappa shape index (κ2) is 11.4. The van der Waals surface area contributed by atoms with Crippen LogP contribution < -0.4 is 14.8 Å². The van der Waals surface area contributed by atoms with Crippen molar-refractivity contribution in [1.29, 1.82) is 0 Å². The van der Waals surface area contributed by atoms with Crippen molar-refractivity contribution in [2.75, 3.05) is 19.5 Å². The van der Waals surface area contributed by atoms with Gasteiger partial charge in [-0.05, 0) is 55.2 Å². The maximum absolute atomic E-state index is 13.6. The highest BCUT2D eigenvalue weighted by molar-refractivity contribution is 5.91. The van der Waals surface area contributed by atoms with Gasteiger partial charge in [0.25, 0.3) is 0 Å². The number of carbonyl (C=O) groups excluding carboxylic acids is 1. The van der Waals surface area contributed by atoms with Crippen LogP contribution in [0.25, 0.3) is 0 Å². The lowest BCUT2D eigenvalue weighted by Gasteiger charge is -2.40. The van der Waals surface area contributed by atoms with E-state index in [2.05, 4.69) is 17.4 Å². The molecule has 2 fully saturated rings. The molecule has 1 N–H and O–H groups in total. The zero-order valence-electron chi connectivity index (χ0n) is 20.1. The minimum absolute atomic E-state index is 0.0773. The van der Waals surface area contributed by atoms with Crippen molar-refractivity contribution in [3.05, 3.63) is 54.1 Å². The highest BCUT2D eigenvalue weighted by Crippen LogP contribution is 2.40. The van der Waals surface area contributed by atoms with Gasteiger partial charge in [-0.2, -0.15) is 0 Å². The van der Waals surface area contributed by atoms with E-state index in [1.165, 1.54) is 44.9 Å². The molecule has 0 spiro atoms. The van der Waals surface area contributed by atoms with Crippen molar-refractivity contribution in [1.82, 2.24) is 4.90 Å². The summed E-state index contributed by atoms with van der Waals surface area (Å²) in [6.45, 7) is 0.609. The number of rotatable bonds is 7. The monoisotopic (exact) mass is 450 g/mol. The van der Waals surface area contributed by atoms with Gasteiger partial charge in [0, 0.05) is 18.7 Å². The normalized spacial score (nSPS) is 21.3. The number of hydrogen-bond donors (Lipinski definition) is 1. The molecule has 2 aliphatic carbocycles. The molecule has 0 unspecified atom stereocenters. The molecule has 5 heteroatoms. The third-order valence-electron chi connectivity index (χ3n) is 7.60. The Morgan fingerprint density at radius 1 is 0.879 bits per heavy atom. The Morgan fingerprint density at radius 3 is 2.24 bits per heavy atom. The molecule has 4 rings (SSSR count). The molecular weight excluding hydrogens is 412 g/mol. The number of hydrogen-bond acceptors (Lipinski definition) is 3. The fourth-order valence-corrected chi connectivity index (χ4v) is 5.74. The molecule has 0 aliphatic heterocycles. The van der Waals surface area contributed by atoms with Crippen LogP contribution in [-0.2, 0) is 6.54 Å². The molecule has 2 amide bonds. The summed E-state index contributed by atoms with van der Waals surface area (Å²) in [5, 5.41) is 3.11. The van der Waals surface area contributed by atoms with Crippen LogP contribution in [0.1, 0.15) is 63.4 Å². The summed E-state index contributed by atoms with van der Waals surface area (Å²) in [4.78, 5) is 15.6. The fraction of sp³-hybridized carbons (Fsp3) is 0.536. The largest absolute Gasteiger partial charge is 0.497 e. The molecular formula is C28H38N2O3. The van der Waals surface area contributed by atoms with Crippen LogP contribution >= 0.6 is 0 Å². The van der Waals surface area contributed by atoms with Crippen molar-refractivity contribution < 1.29 is 14.3 Å². The predicted octanol–water partition coefficient (Wildman–Crippen LogP) is 6.88. The third-order valence-corrected chi connectivity index (χ3v) is 7.60. The summed E-state index contributed by atoms with van der Waals surface area (Å²) in [7, 11) is 3.24. The number of nitrogens with zero attached hydrogens (tertiary/aromatic N) is 1. The van der Waals surface area contributed by atoms with E-state index in [1.54, 1.807) is 14.2 Å². The lowest BCUT2D eigenvalue weighted by Crippen LogP contribution is -2.44. The molecule has 2 aromatic carbocycles. The van der Waals surface area contributed by atoms with Crippen LogP contribution in [0.5, 0.6) is 11.5 Å². The van der Waals surface area contributed by atoms with Gasteiger partial charge in [-0.1, -0.05) is 62.4 Å². The predicted molar refractivity (Wildman–Crippen MR) is 133 cm³/mol. The molecule has 2 saturated carbocycles. The summed E-state index contributed by atoms with van der Waals surface area (Å²) >= 11 is 0. The van der Waals surface area contributed by atoms with Crippen LogP contribution in [0.3, 0.4) is 0 Å². The smallest absolute Gasteiger partial charge is 0.322 e. The summed E-state index contributed by atoms with van der Waals surface area (Å²) in [5.41, 5.74) is 1.79. The van der Waals surface area contributed by atoms with E-state index in [-0.39, 0.29) is 12.1 Å². The number of methoxy groups -OCH3 is 2. The molecule has 0 bridgehead atoms. The van der Waals surface area contributed by atoms with Crippen molar-refractivity contribution >= 4 is 11.7 Å². The summed E-state index contributed by atoms with van der Waals surface area (Å²) in [6.07, 6.45) is 11.6. The van der Waals surface area contributed by atoms with Gasteiger partial charge in [-0.25, -0.2) is 4.79 Å². The highest BCUT2D eigenvalue weighted by atomic mass is 16.5. The van der Waals surface area contributed by atoms with Crippen LogP contribution in [-0.4, -0.2) is 31.2 Å². The number of anilines is 1. The number of nitrogens with one attached hydrogen (secondary N) is 1. The standard InChI is InChI=1S/C28H38N2O3/c1-32-25-17-18-27(33-2)26(19-25)29-28(31)30(20-21-9-5-3-6-10-21)24-15-13-23(14-16-24)22-11-7-4-8-12-22/h3,5-6,9-10,17-19,22-24H,4,7-8,11-16,20H2,1-2H3,(H,29,31). The quantitative estimate of drug-likeness (QED) is 0.500. The molecule has 178 valence electrons. The van der Waals surface area contributed by atoms with Gasteiger partial charge >= 0.3 is 6.03 Å². The topological polar surface area (TPSA) is 50.8 Å². The van der Waals surface area contributed by atoms with E-state index in [4.69, 9.17) is 9.47 Å². The third kappa shape index (κ3) is 6.01. The van der Waals surface area contributed by atoms with Gasteiger partial charge < -0.3 is 19.7 Å². The lowest BCUT2D eigenvalue weighted by molar-refractivity contribution is 0.120. The average Bonchev–Trinajstić information content (AvgIpc) is 2.88. The Morgan fingerprint density at radius 2 is 1.58 bits per heavy atom. The highest BCUT2D eigenvalue weighted by Gasteiger charge is 2.33. The Hall–Kier alpha value is -2.69. The first-order valence-corrected chi connectivity index (χ1v) is 12.5. The molecule has 0 saturated heterocycles. The first-order chi connectivity index (χ1) is 16.2. The van der Waals surface area contributed by atoms with E-state index in [1.807, 2.05) is 41.3 Å². The maximum Gasteiger partial charge on any atom is 0.322 e. The zero-order chi connectivity index (χ0) is 23.0. The summed E-state index contributed by atoms with van der Waals surface area (Å²) in [5.74, 6) is 3.05. The maximum atomic E-state index is 13.6.